The van der Waals surface area contributed by atoms with E-state index in [2.05, 4.69) is 21.2 Å². The van der Waals surface area contributed by atoms with Crippen molar-refractivity contribution in [1.29, 1.82) is 0 Å². The summed E-state index contributed by atoms with van der Waals surface area (Å²) in [5.74, 6) is 1.76. The molecule has 2 aliphatic rings. The molecule has 2 aromatic rings. The summed E-state index contributed by atoms with van der Waals surface area (Å²) in [4.78, 5) is 2.29. The monoisotopic (exact) mass is 432 g/mol. The van der Waals surface area contributed by atoms with Gasteiger partial charge >= 0.3 is 0 Å². The fraction of sp³-hybridized carbons (Fsp3) is 0.524. The Morgan fingerprint density at radius 2 is 1.73 bits per heavy atom. The van der Waals surface area contributed by atoms with E-state index in [9.17, 15) is 8.42 Å². The molecule has 1 aromatic heterocycles. The fourth-order valence-electron chi connectivity index (χ4n) is 3.99. The van der Waals surface area contributed by atoms with Crippen molar-refractivity contribution in [2.75, 3.05) is 44.3 Å². The molecule has 0 amide bonds. The third-order valence-corrected chi connectivity index (χ3v) is 7.45. The SMILES string of the molecule is CCOc1ccc(S(=O)(=O)N2CCN(c3cc4c(nn3)CCC4)CC2)c(OCC)c1. The number of aryl methyl sites for hydroxylation is 2. The molecular weight excluding hydrogens is 404 g/mol. The average Bonchev–Trinajstić information content (AvgIpc) is 3.22. The number of nitrogens with zero attached hydrogens (tertiary/aromatic N) is 4. The number of piperazine rings is 1. The van der Waals surface area contributed by atoms with Crippen LogP contribution >= 0.6 is 0 Å². The molecule has 1 saturated heterocycles. The van der Waals surface area contributed by atoms with Crippen molar-refractivity contribution in [1.82, 2.24) is 14.5 Å². The van der Waals surface area contributed by atoms with Crippen molar-refractivity contribution in [2.24, 2.45) is 0 Å². The third-order valence-electron chi connectivity index (χ3n) is 5.51. The first kappa shape index (κ1) is 20.9. The van der Waals surface area contributed by atoms with Crippen LogP contribution in [0.3, 0.4) is 0 Å². The van der Waals surface area contributed by atoms with Gasteiger partial charge in [0.05, 0.1) is 18.9 Å². The van der Waals surface area contributed by atoms with E-state index in [1.54, 1.807) is 18.2 Å². The van der Waals surface area contributed by atoms with Gasteiger partial charge in [-0.3, -0.25) is 0 Å². The number of hydrogen-bond acceptors (Lipinski definition) is 7. The number of sulfonamides is 1. The standard InChI is InChI=1S/C21H28N4O4S/c1-3-28-17-8-9-20(19(15-17)29-4-2)30(26,27)25-12-10-24(11-13-25)21-14-16-6-5-7-18(16)22-23-21/h8-9,14-15H,3-7,10-13H2,1-2H3. The van der Waals surface area contributed by atoms with E-state index in [0.29, 0.717) is 50.9 Å². The second kappa shape index (κ2) is 8.77. The maximum absolute atomic E-state index is 13.3. The second-order valence-corrected chi connectivity index (χ2v) is 9.30. The van der Waals surface area contributed by atoms with Crippen molar-refractivity contribution >= 4 is 15.8 Å². The predicted molar refractivity (Wildman–Crippen MR) is 114 cm³/mol. The summed E-state index contributed by atoms with van der Waals surface area (Å²) in [6.07, 6.45) is 3.17. The molecule has 30 heavy (non-hydrogen) atoms. The molecule has 1 aliphatic carbocycles. The summed E-state index contributed by atoms with van der Waals surface area (Å²) in [5, 5.41) is 8.71. The number of aromatic nitrogens is 2. The van der Waals surface area contributed by atoms with Crippen LogP contribution < -0.4 is 14.4 Å². The number of hydrogen-bond donors (Lipinski definition) is 0. The summed E-state index contributed by atoms with van der Waals surface area (Å²) < 4.78 is 39.2. The molecule has 0 atom stereocenters. The summed E-state index contributed by atoms with van der Waals surface area (Å²) in [7, 11) is -3.67. The normalized spacial score (nSPS) is 17.1. The minimum absolute atomic E-state index is 0.179. The Hall–Kier alpha value is -2.39. The van der Waals surface area contributed by atoms with Gasteiger partial charge in [0.2, 0.25) is 10.0 Å². The first-order valence-corrected chi connectivity index (χ1v) is 12.0. The third kappa shape index (κ3) is 4.09. The zero-order valence-corrected chi connectivity index (χ0v) is 18.3. The highest BCUT2D eigenvalue weighted by Gasteiger charge is 2.32. The molecule has 0 radical (unpaired) electrons. The Bertz CT molecular complexity index is 1000. The van der Waals surface area contributed by atoms with Crippen molar-refractivity contribution < 1.29 is 17.9 Å². The van der Waals surface area contributed by atoms with E-state index < -0.39 is 10.0 Å². The van der Waals surface area contributed by atoms with Crippen LogP contribution in [0.5, 0.6) is 11.5 Å². The Kier molecular flexibility index (Phi) is 6.10. The molecular formula is C21H28N4O4S. The molecule has 0 bridgehead atoms. The number of rotatable bonds is 7. The Morgan fingerprint density at radius 1 is 0.967 bits per heavy atom. The lowest BCUT2D eigenvalue weighted by Gasteiger charge is -2.34. The predicted octanol–water partition coefficient (Wildman–Crippen LogP) is 2.27. The first-order chi connectivity index (χ1) is 14.5. The quantitative estimate of drug-likeness (QED) is 0.663. The van der Waals surface area contributed by atoms with E-state index in [1.807, 2.05) is 13.8 Å². The van der Waals surface area contributed by atoms with Crippen LogP contribution in [0.25, 0.3) is 0 Å². The minimum Gasteiger partial charge on any atom is -0.494 e. The van der Waals surface area contributed by atoms with Crippen LogP contribution in [0, 0.1) is 0 Å². The molecule has 0 unspecified atom stereocenters. The molecule has 1 aliphatic heterocycles. The van der Waals surface area contributed by atoms with Gasteiger partial charge in [-0.25, -0.2) is 8.42 Å². The van der Waals surface area contributed by atoms with Gasteiger partial charge in [-0.1, -0.05) is 0 Å². The Labute approximate surface area is 177 Å². The molecule has 1 fully saturated rings. The zero-order chi connectivity index (χ0) is 21.1. The average molecular weight is 433 g/mol. The molecule has 0 saturated carbocycles. The van der Waals surface area contributed by atoms with E-state index in [1.165, 1.54) is 9.87 Å². The molecule has 9 heteroatoms. The van der Waals surface area contributed by atoms with Crippen LogP contribution in [-0.2, 0) is 22.9 Å². The minimum atomic E-state index is -3.67. The van der Waals surface area contributed by atoms with Gasteiger partial charge < -0.3 is 14.4 Å². The largest absolute Gasteiger partial charge is 0.494 e. The second-order valence-electron chi connectivity index (χ2n) is 7.39. The van der Waals surface area contributed by atoms with Crippen molar-refractivity contribution in [3.63, 3.8) is 0 Å². The maximum Gasteiger partial charge on any atom is 0.246 e. The van der Waals surface area contributed by atoms with E-state index in [0.717, 1.165) is 30.8 Å². The number of fused-ring (bicyclic) bond motifs is 1. The van der Waals surface area contributed by atoms with Crippen molar-refractivity contribution in [3.8, 4) is 11.5 Å². The fourth-order valence-corrected chi connectivity index (χ4v) is 5.53. The van der Waals surface area contributed by atoms with E-state index in [-0.39, 0.29) is 4.90 Å². The molecule has 0 spiro atoms. The van der Waals surface area contributed by atoms with Gasteiger partial charge in [-0.15, -0.1) is 5.10 Å². The highest BCUT2D eigenvalue weighted by Crippen LogP contribution is 2.32. The van der Waals surface area contributed by atoms with Gasteiger partial charge in [-0.2, -0.15) is 9.40 Å². The first-order valence-electron chi connectivity index (χ1n) is 10.5. The zero-order valence-electron chi connectivity index (χ0n) is 17.5. The highest BCUT2D eigenvalue weighted by molar-refractivity contribution is 7.89. The number of ether oxygens (including phenoxy) is 2. The molecule has 4 rings (SSSR count). The summed E-state index contributed by atoms with van der Waals surface area (Å²) in [5.41, 5.74) is 2.37. The summed E-state index contributed by atoms with van der Waals surface area (Å²) in [6, 6.07) is 7.01. The number of anilines is 1. The van der Waals surface area contributed by atoms with Crippen LogP contribution in [0.2, 0.25) is 0 Å². The van der Waals surface area contributed by atoms with Gasteiger partial charge in [0.1, 0.15) is 16.4 Å². The van der Waals surface area contributed by atoms with Gasteiger partial charge in [0.25, 0.3) is 0 Å². The maximum atomic E-state index is 13.3. The van der Waals surface area contributed by atoms with Crippen LogP contribution in [0.1, 0.15) is 31.5 Å². The Balaban J connectivity index is 1.50. The molecule has 162 valence electrons. The van der Waals surface area contributed by atoms with Crippen LogP contribution in [0.4, 0.5) is 5.82 Å². The molecule has 1 aromatic carbocycles. The summed E-state index contributed by atoms with van der Waals surface area (Å²) in [6.45, 7) is 6.53. The van der Waals surface area contributed by atoms with Crippen LogP contribution in [0.15, 0.2) is 29.2 Å². The number of benzene rings is 1. The topological polar surface area (TPSA) is 84.9 Å². The van der Waals surface area contributed by atoms with Crippen molar-refractivity contribution in [2.45, 2.75) is 38.0 Å². The smallest absolute Gasteiger partial charge is 0.246 e. The molecule has 0 N–H and O–H groups in total. The lowest BCUT2D eigenvalue weighted by Crippen LogP contribution is -2.49. The Morgan fingerprint density at radius 3 is 2.47 bits per heavy atom. The summed E-state index contributed by atoms with van der Waals surface area (Å²) >= 11 is 0. The van der Waals surface area contributed by atoms with Crippen molar-refractivity contribution in [3.05, 3.63) is 35.5 Å². The van der Waals surface area contributed by atoms with Crippen LogP contribution in [-0.4, -0.2) is 62.3 Å². The van der Waals surface area contributed by atoms with E-state index in [4.69, 9.17) is 9.47 Å². The highest BCUT2D eigenvalue weighted by atomic mass is 32.2. The van der Waals surface area contributed by atoms with Gasteiger partial charge in [-0.05, 0) is 56.9 Å². The lowest BCUT2D eigenvalue weighted by atomic mass is 10.2. The van der Waals surface area contributed by atoms with E-state index >= 15 is 0 Å². The van der Waals surface area contributed by atoms with Gasteiger partial charge in [0, 0.05) is 32.2 Å². The lowest BCUT2D eigenvalue weighted by molar-refractivity contribution is 0.314. The molecule has 2 heterocycles. The van der Waals surface area contributed by atoms with Gasteiger partial charge in [0.15, 0.2) is 5.82 Å². The molecule has 8 nitrogen and oxygen atoms in total.